The highest BCUT2D eigenvalue weighted by molar-refractivity contribution is 9.10. The smallest absolute Gasteiger partial charge is 0.288 e. The van der Waals surface area contributed by atoms with Crippen molar-refractivity contribution < 1.29 is 14.4 Å². The lowest BCUT2D eigenvalue weighted by atomic mass is 10.2. The molecule has 0 fully saturated rings. The number of primary amides is 1. The third kappa shape index (κ3) is 6.24. The molecule has 6 nitrogen and oxygen atoms in total. The normalized spacial score (nSPS) is 10.1. The molecular formula is C17H16BrN3O3S. The van der Waals surface area contributed by atoms with E-state index in [4.69, 9.17) is 5.73 Å². The van der Waals surface area contributed by atoms with E-state index in [2.05, 4.69) is 26.6 Å². The molecule has 3 amide bonds. The maximum Gasteiger partial charge on any atom is 0.288 e. The average molecular weight is 422 g/mol. The predicted octanol–water partition coefficient (Wildman–Crippen LogP) is 3.38. The van der Waals surface area contributed by atoms with E-state index in [-0.39, 0.29) is 24.1 Å². The Bertz CT molecular complexity index is 781. The van der Waals surface area contributed by atoms with Gasteiger partial charge in [-0.25, -0.2) is 0 Å². The Labute approximate surface area is 157 Å². The molecular weight excluding hydrogens is 406 g/mol. The molecule has 25 heavy (non-hydrogen) atoms. The van der Waals surface area contributed by atoms with Gasteiger partial charge in [-0.2, -0.15) is 0 Å². The van der Waals surface area contributed by atoms with E-state index in [0.717, 1.165) is 16.2 Å². The van der Waals surface area contributed by atoms with Gasteiger partial charge in [0.05, 0.1) is 5.56 Å². The maximum atomic E-state index is 12.2. The second-order valence-electron chi connectivity index (χ2n) is 4.99. The summed E-state index contributed by atoms with van der Waals surface area (Å²) in [6, 6.07) is 13.9. The molecule has 2 aromatic rings. The van der Waals surface area contributed by atoms with E-state index in [1.807, 2.05) is 12.1 Å². The van der Waals surface area contributed by atoms with Gasteiger partial charge in [0.1, 0.15) is 0 Å². The molecule has 0 aliphatic rings. The number of amides is 3. The number of carbonyl (C=O) groups excluding carboxylic acids is 3. The van der Waals surface area contributed by atoms with Gasteiger partial charge >= 0.3 is 0 Å². The summed E-state index contributed by atoms with van der Waals surface area (Å²) in [6.07, 6.45) is 0.0606. The van der Waals surface area contributed by atoms with Crippen molar-refractivity contribution in [3.8, 4) is 0 Å². The number of thioether (sulfide) groups is 1. The number of rotatable bonds is 6. The van der Waals surface area contributed by atoms with Crippen LogP contribution in [0.2, 0.25) is 0 Å². The van der Waals surface area contributed by atoms with Gasteiger partial charge in [0.2, 0.25) is 5.91 Å². The fourth-order valence-electron chi connectivity index (χ4n) is 1.91. The molecule has 0 heterocycles. The highest BCUT2D eigenvalue weighted by Gasteiger charge is 2.14. The summed E-state index contributed by atoms with van der Waals surface area (Å²) in [4.78, 5) is 35.7. The van der Waals surface area contributed by atoms with Crippen molar-refractivity contribution in [3.63, 3.8) is 0 Å². The third-order valence-electron chi connectivity index (χ3n) is 3.08. The highest BCUT2D eigenvalue weighted by Crippen LogP contribution is 2.25. The minimum atomic E-state index is -0.489. The zero-order chi connectivity index (χ0) is 18.2. The van der Waals surface area contributed by atoms with Crippen molar-refractivity contribution in [3.05, 3.63) is 58.6 Å². The second kappa shape index (κ2) is 9.24. The monoisotopic (exact) mass is 421 g/mol. The molecule has 8 heteroatoms. The predicted molar refractivity (Wildman–Crippen MR) is 102 cm³/mol. The molecule has 4 N–H and O–H groups in total. The Kier molecular flexibility index (Phi) is 7.03. The van der Waals surface area contributed by atoms with Crippen LogP contribution >= 0.6 is 27.7 Å². The summed E-state index contributed by atoms with van der Waals surface area (Å²) < 4.78 is 0.913. The summed E-state index contributed by atoms with van der Waals surface area (Å²) in [6.45, 7) is 0.151. The Morgan fingerprint density at radius 3 is 2.40 bits per heavy atom. The molecule has 2 aromatic carbocycles. The quantitative estimate of drug-likeness (QED) is 0.622. The van der Waals surface area contributed by atoms with Crippen LogP contribution in [-0.2, 0) is 4.79 Å². The zero-order valence-electron chi connectivity index (χ0n) is 13.1. The number of anilines is 1. The molecule has 0 saturated heterocycles. The summed E-state index contributed by atoms with van der Waals surface area (Å²) in [7, 11) is 0. The van der Waals surface area contributed by atoms with Crippen LogP contribution in [-0.4, -0.2) is 23.6 Å². The van der Waals surface area contributed by atoms with Crippen molar-refractivity contribution in [2.45, 2.75) is 11.3 Å². The summed E-state index contributed by atoms with van der Waals surface area (Å²) in [5, 5.41) is 5.06. The van der Waals surface area contributed by atoms with E-state index in [1.54, 1.807) is 36.4 Å². The molecule has 0 aliphatic heterocycles. The summed E-state index contributed by atoms with van der Waals surface area (Å²) in [5.41, 5.74) is 6.07. The lowest BCUT2D eigenvalue weighted by Gasteiger charge is -2.10. The molecule has 0 aromatic heterocycles. The highest BCUT2D eigenvalue weighted by atomic mass is 79.9. The fourth-order valence-corrected chi connectivity index (χ4v) is 2.96. The van der Waals surface area contributed by atoms with Crippen molar-refractivity contribution >= 4 is 50.4 Å². The van der Waals surface area contributed by atoms with Gasteiger partial charge in [-0.1, -0.05) is 28.1 Å². The van der Waals surface area contributed by atoms with Gasteiger partial charge in [-0.3, -0.25) is 14.4 Å². The molecule has 0 saturated carbocycles. The van der Waals surface area contributed by atoms with Crippen LogP contribution in [0.1, 0.15) is 16.8 Å². The number of hydrogen-bond donors (Lipinski definition) is 3. The Morgan fingerprint density at radius 1 is 1.04 bits per heavy atom. The first-order chi connectivity index (χ1) is 12.0. The lowest BCUT2D eigenvalue weighted by Crippen LogP contribution is -2.28. The van der Waals surface area contributed by atoms with E-state index in [1.165, 1.54) is 0 Å². The third-order valence-corrected chi connectivity index (χ3v) is 4.47. The molecule has 0 bridgehead atoms. The van der Waals surface area contributed by atoms with Crippen LogP contribution in [0.3, 0.4) is 0 Å². The van der Waals surface area contributed by atoms with Crippen LogP contribution in [0.25, 0.3) is 0 Å². The van der Waals surface area contributed by atoms with Crippen molar-refractivity contribution in [1.82, 2.24) is 5.32 Å². The molecule has 0 radical (unpaired) electrons. The Hall–Kier alpha value is -2.32. The number of carbonyl (C=O) groups is 3. The Morgan fingerprint density at radius 2 is 1.72 bits per heavy atom. The number of benzene rings is 2. The minimum absolute atomic E-state index is 0.0606. The molecule has 0 atom stereocenters. The molecule has 0 spiro atoms. The van der Waals surface area contributed by atoms with Gasteiger partial charge in [-0.15, -0.1) is 0 Å². The molecule has 0 unspecified atom stereocenters. The minimum Gasteiger partial charge on any atom is -0.370 e. The summed E-state index contributed by atoms with van der Waals surface area (Å²) >= 11 is 4.25. The number of nitrogens with one attached hydrogen (secondary N) is 2. The topological polar surface area (TPSA) is 101 Å². The largest absolute Gasteiger partial charge is 0.370 e. The van der Waals surface area contributed by atoms with Crippen LogP contribution in [0.15, 0.2) is 57.9 Å². The lowest BCUT2D eigenvalue weighted by molar-refractivity contribution is -0.117. The van der Waals surface area contributed by atoms with Crippen LogP contribution < -0.4 is 16.4 Å². The number of nitrogens with two attached hydrogens (primary N) is 1. The first-order valence-corrected chi connectivity index (χ1v) is 8.96. The van der Waals surface area contributed by atoms with Gasteiger partial charge in [0.15, 0.2) is 0 Å². The van der Waals surface area contributed by atoms with E-state index >= 15 is 0 Å². The molecule has 2 rings (SSSR count). The number of hydrogen-bond acceptors (Lipinski definition) is 4. The van der Waals surface area contributed by atoms with Gasteiger partial charge in [0.25, 0.3) is 11.1 Å². The van der Waals surface area contributed by atoms with E-state index in [9.17, 15) is 14.4 Å². The molecule has 130 valence electrons. The van der Waals surface area contributed by atoms with Crippen molar-refractivity contribution in [2.24, 2.45) is 5.73 Å². The second-order valence-corrected chi connectivity index (χ2v) is 6.92. The van der Waals surface area contributed by atoms with E-state index < -0.39 is 5.91 Å². The van der Waals surface area contributed by atoms with Gasteiger partial charge < -0.3 is 16.4 Å². The first kappa shape index (κ1) is 19.0. The van der Waals surface area contributed by atoms with Crippen LogP contribution in [0, 0.1) is 0 Å². The fraction of sp³-hybridized carbons (Fsp3) is 0.118. The first-order valence-electron chi connectivity index (χ1n) is 7.35. The van der Waals surface area contributed by atoms with Crippen molar-refractivity contribution in [1.29, 1.82) is 0 Å². The van der Waals surface area contributed by atoms with Crippen LogP contribution in [0.5, 0.6) is 0 Å². The molecule has 0 aliphatic carbocycles. The average Bonchev–Trinajstić information content (AvgIpc) is 2.57. The van der Waals surface area contributed by atoms with Gasteiger partial charge in [-0.05, 0) is 48.2 Å². The summed E-state index contributed by atoms with van der Waals surface area (Å²) in [5.74, 6) is -0.849. The maximum absolute atomic E-state index is 12.2. The SMILES string of the molecule is NC(=O)CCNC(=O)c1ccccc1SC(=O)Nc1ccc(Br)cc1. The standard InChI is InChI=1S/C17H16BrN3O3S/c18-11-5-7-12(8-6-11)21-17(24)25-14-4-2-1-3-13(14)16(23)20-10-9-15(19)22/h1-8H,9-10H2,(H2,19,22)(H,20,23)(H,21,24). The zero-order valence-corrected chi connectivity index (χ0v) is 15.5. The van der Waals surface area contributed by atoms with Crippen molar-refractivity contribution in [2.75, 3.05) is 11.9 Å². The van der Waals surface area contributed by atoms with Crippen LogP contribution in [0.4, 0.5) is 10.5 Å². The van der Waals surface area contributed by atoms with E-state index in [0.29, 0.717) is 16.1 Å². The Balaban J connectivity index is 2.01. The van der Waals surface area contributed by atoms with Gasteiger partial charge in [0, 0.05) is 28.0 Å². The number of halogens is 1.